The summed E-state index contributed by atoms with van der Waals surface area (Å²) in [4.78, 5) is 13.5. The third-order valence-corrected chi connectivity index (χ3v) is 3.50. The number of esters is 1. The lowest BCUT2D eigenvalue weighted by Gasteiger charge is -2.09. The van der Waals surface area contributed by atoms with E-state index in [-0.39, 0.29) is 5.97 Å². The molecule has 0 unspecified atom stereocenters. The van der Waals surface area contributed by atoms with Crippen molar-refractivity contribution in [2.24, 2.45) is 0 Å². The fourth-order valence-electron chi connectivity index (χ4n) is 2.21. The second-order valence-electron chi connectivity index (χ2n) is 5.96. The molecule has 0 aliphatic rings. The molecule has 0 aromatic rings. The van der Waals surface area contributed by atoms with Crippen LogP contribution < -0.4 is 0 Å². The Hall–Kier alpha value is -0.570. The van der Waals surface area contributed by atoms with Gasteiger partial charge in [0.25, 0.3) is 0 Å². The maximum absolute atomic E-state index is 11.4. The van der Waals surface area contributed by atoms with Gasteiger partial charge < -0.3 is 9.64 Å². The number of hydrogen-bond acceptors (Lipinski definition) is 3. The van der Waals surface area contributed by atoms with Gasteiger partial charge >= 0.3 is 5.97 Å². The lowest BCUT2D eigenvalue weighted by atomic mass is 10.1. The molecule has 0 aromatic carbocycles. The van der Waals surface area contributed by atoms with Crippen molar-refractivity contribution in [3.8, 4) is 0 Å². The van der Waals surface area contributed by atoms with Gasteiger partial charge in [-0.2, -0.15) is 0 Å². The molecule has 0 aromatic heterocycles. The van der Waals surface area contributed by atoms with Crippen LogP contribution in [-0.4, -0.2) is 38.1 Å². The first-order valence-electron chi connectivity index (χ1n) is 8.47. The Bertz CT molecular complexity index is 217. The van der Waals surface area contributed by atoms with Crippen LogP contribution in [0.5, 0.6) is 0 Å². The van der Waals surface area contributed by atoms with E-state index in [1.54, 1.807) is 0 Å². The molecule has 0 spiro atoms. The number of ether oxygens (including phenoxy) is 1. The van der Waals surface area contributed by atoms with Crippen molar-refractivity contribution in [3.63, 3.8) is 0 Å². The van der Waals surface area contributed by atoms with Gasteiger partial charge in [0.2, 0.25) is 0 Å². The maximum atomic E-state index is 11.4. The van der Waals surface area contributed by atoms with Gasteiger partial charge in [-0.05, 0) is 33.5 Å². The van der Waals surface area contributed by atoms with Crippen LogP contribution in [0.15, 0.2) is 0 Å². The van der Waals surface area contributed by atoms with Crippen LogP contribution in [0.25, 0.3) is 0 Å². The number of carbonyl (C=O) groups excluding carboxylic acids is 1. The molecule has 120 valence electrons. The van der Waals surface area contributed by atoms with E-state index in [1.165, 1.54) is 51.4 Å². The lowest BCUT2D eigenvalue weighted by molar-refractivity contribution is -0.143. The Morgan fingerprint density at radius 2 is 1.40 bits per heavy atom. The maximum Gasteiger partial charge on any atom is 0.305 e. The quantitative estimate of drug-likeness (QED) is 0.350. The number of nitrogens with zero attached hydrogens (tertiary/aromatic N) is 1. The fraction of sp³-hybridized carbons (Fsp3) is 0.941. The van der Waals surface area contributed by atoms with Crippen molar-refractivity contribution in [2.75, 3.05) is 27.2 Å². The average molecular weight is 285 g/mol. The van der Waals surface area contributed by atoms with E-state index in [0.717, 1.165) is 19.4 Å². The van der Waals surface area contributed by atoms with Gasteiger partial charge in [0.15, 0.2) is 0 Å². The summed E-state index contributed by atoms with van der Waals surface area (Å²) in [5.74, 6) is -0.0357. The van der Waals surface area contributed by atoms with E-state index in [1.807, 2.05) is 14.1 Å². The van der Waals surface area contributed by atoms with Crippen LogP contribution in [0.3, 0.4) is 0 Å². The summed E-state index contributed by atoms with van der Waals surface area (Å²) in [6, 6.07) is 0. The molecule has 0 aliphatic carbocycles. The highest BCUT2D eigenvalue weighted by Gasteiger charge is 2.02. The molecule has 0 aliphatic heterocycles. The Morgan fingerprint density at radius 1 is 0.850 bits per heavy atom. The predicted molar refractivity (Wildman–Crippen MR) is 86.0 cm³/mol. The van der Waals surface area contributed by atoms with Gasteiger partial charge in [0, 0.05) is 6.42 Å². The molecule has 20 heavy (non-hydrogen) atoms. The predicted octanol–water partition coefficient (Wildman–Crippen LogP) is 4.40. The molecule has 3 nitrogen and oxygen atoms in total. The molecule has 0 saturated heterocycles. The van der Waals surface area contributed by atoms with Crippen molar-refractivity contribution in [1.29, 1.82) is 0 Å². The number of unbranched alkanes of at least 4 members (excludes halogenated alkanes) is 8. The number of rotatable bonds is 14. The first-order chi connectivity index (χ1) is 9.66. The normalized spacial score (nSPS) is 11.0. The molecule has 0 fully saturated rings. The van der Waals surface area contributed by atoms with Gasteiger partial charge in [-0.15, -0.1) is 0 Å². The van der Waals surface area contributed by atoms with E-state index in [2.05, 4.69) is 11.8 Å². The van der Waals surface area contributed by atoms with E-state index in [0.29, 0.717) is 13.0 Å². The zero-order chi connectivity index (χ0) is 15.1. The second-order valence-corrected chi connectivity index (χ2v) is 5.96. The average Bonchev–Trinajstić information content (AvgIpc) is 2.40. The van der Waals surface area contributed by atoms with E-state index < -0.39 is 0 Å². The molecule has 0 atom stereocenters. The molecule has 0 amide bonds. The van der Waals surface area contributed by atoms with E-state index in [4.69, 9.17) is 4.74 Å². The topological polar surface area (TPSA) is 29.5 Å². The highest BCUT2D eigenvalue weighted by atomic mass is 16.5. The Kier molecular flexibility index (Phi) is 14.4. The van der Waals surface area contributed by atoms with Gasteiger partial charge in [0.1, 0.15) is 0 Å². The summed E-state index contributed by atoms with van der Waals surface area (Å²) in [6.45, 7) is 3.81. The van der Waals surface area contributed by atoms with E-state index in [9.17, 15) is 4.79 Å². The lowest BCUT2D eigenvalue weighted by Crippen LogP contribution is -2.15. The third-order valence-electron chi connectivity index (χ3n) is 3.50. The molecule has 0 saturated carbocycles. The molecule has 3 heteroatoms. The number of hydrogen-bond donors (Lipinski definition) is 0. The SMILES string of the molecule is CCCCCCCCCCCOC(=O)CCCN(C)C. The molecular formula is C17H35NO2. The van der Waals surface area contributed by atoms with Crippen molar-refractivity contribution >= 4 is 5.97 Å². The van der Waals surface area contributed by atoms with Crippen LogP contribution in [0.2, 0.25) is 0 Å². The zero-order valence-electron chi connectivity index (χ0n) is 14.0. The van der Waals surface area contributed by atoms with Gasteiger partial charge in [0.05, 0.1) is 6.61 Å². The van der Waals surface area contributed by atoms with Crippen molar-refractivity contribution in [1.82, 2.24) is 4.90 Å². The monoisotopic (exact) mass is 285 g/mol. The van der Waals surface area contributed by atoms with Gasteiger partial charge in [-0.25, -0.2) is 0 Å². The molecule has 0 N–H and O–H groups in total. The third kappa shape index (κ3) is 15.5. The summed E-state index contributed by atoms with van der Waals surface area (Å²) in [7, 11) is 4.04. The minimum atomic E-state index is -0.0357. The highest BCUT2D eigenvalue weighted by molar-refractivity contribution is 5.69. The number of carbonyl (C=O) groups is 1. The van der Waals surface area contributed by atoms with Gasteiger partial charge in [-0.3, -0.25) is 4.79 Å². The van der Waals surface area contributed by atoms with Crippen molar-refractivity contribution in [2.45, 2.75) is 77.6 Å². The smallest absolute Gasteiger partial charge is 0.305 e. The molecule has 0 heterocycles. The minimum Gasteiger partial charge on any atom is -0.466 e. The van der Waals surface area contributed by atoms with Crippen LogP contribution in [0.1, 0.15) is 77.6 Å². The van der Waals surface area contributed by atoms with Crippen molar-refractivity contribution in [3.05, 3.63) is 0 Å². The molecule has 0 radical (unpaired) electrons. The zero-order valence-corrected chi connectivity index (χ0v) is 14.0. The summed E-state index contributed by atoms with van der Waals surface area (Å²) in [6.07, 6.45) is 13.1. The summed E-state index contributed by atoms with van der Waals surface area (Å²) in [5.41, 5.74) is 0. The van der Waals surface area contributed by atoms with Gasteiger partial charge in [-0.1, -0.05) is 58.3 Å². The Morgan fingerprint density at radius 3 is 1.95 bits per heavy atom. The second kappa shape index (κ2) is 14.8. The van der Waals surface area contributed by atoms with E-state index >= 15 is 0 Å². The summed E-state index contributed by atoms with van der Waals surface area (Å²) in [5, 5.41) is 0. The van der Waals surface area contributed by atoms with Crippen LogP contribution in [0, 0.1) is 0 Å². The standard InChI is InChI=1S/C17H35NO2/c1-4-5-6-7-8-9-10-11-12-16-20-17(19)14-13-15-18(2)3/h4-16H2,1-3H3. The van der Waals surface area contributed by atoms with Crippen LogP contribution in [-0.2, 0) is 9.53 Å². The van der Waals surface area contributed by atoms with Crippen molar-refractivity contribution < 1.29 is 9.53 Å². The molecular weight excluding hydrogens is 250 g/mol. The molecule has 0 rings (SSSR count). The first kappa shape index (κ1) is 19.4. The first-order valence-corrected chi connectivity index (χ1v) is 8.47. The highest BCUT2D eigenvalue weighted by Crippen LogP contribution is 2.09. The molecule has 0 bridgehead atoms. The van der Waals surface area contributed by atoms with Crippen LogP contribution in [0.4, 0.5) is 0 Å². The summed E-state index contributed by atoms with van der Waals surface area (Å²) < 4.78 is 5.23. The summed E-state index contributed by atoms with van der Waals surface area (Å²) >= 11 is 0. The van der Waals surface area contributed by atoms with Crippen LogP contribution >= 0.6 is 0 Å². The largest absolute Gasteiger partial charge is 0.466 e. The fourth-order valence-corrected chi connectivity index (χ4v) is 2.21. The Balaban J connectivity index is 3.13. The Labute approximate surface area is 126 Å². The minimum absolute atomic E-state index is 0.0357.